The van der Waals surface area contributed by atoms with Gasteiger partial charge in [-0.3, -0.25) is 4.79 Å². The first-order valence-electron chi connectivity index (χ1n) is 5.45. The van der Waals surface area contributed by atoms with Crippen molar-refractivity contribution in [2.24, 2.45) is 0 Å². The highest BCUT2D eigenvalue weighted by atomic mass is 32.1. The van der Waals surface area contributed by atoms with Gasteiger partial charge in [0.15, 0.2) is 10.8 Å². The fraction of sp³-hybridized carbons (Fsp3) is 0.385. The maximum Gasteiger partial charge on any atom is 0.171 e. The third kappa shape index (κ3) is 3.74. The van der Waals surface area contributed by atoms with Crippen molar-refractivity contribution in [3.63, 3.8) is 0 Å². The van der Waals surface area contributed by atoms with Gasteiger partial charge in [0.05, 0.1) is 13.0 Å². The van der Waals surface area contributed by atoms with Gasteiger partial charge in [-0.05, 0) is 31.1 Å². The van der Waals surface area contributed by atoms with E-state index in [0.29, 0.717) is 17.2 Å². The van der Waals surface area contributed by atoms with E-state index >= 15 is 0 Å². The van der Waals surface area contributed by atoms with Crippen molar-refractivity contribution in [3.05, 3.63) is 35.4 Å². The Labute approximate surface area is 102 Å². The summed E-state index contributed by atoms with van der Waals surface area (Å²) >= 11 is 4.93. The molecule has 0 aliphatic heterocycles. The largest absolute Gasteiger partial charge is 0.487 e. The average molecular weight is 236 g/mol. The van der Waals surface area contributed by atoms with Crippen LogP contribution in [0.15, 0.2) is 24.3 Å². The van der Waals surface area contributed by atoms with Crippen LogP contribution in [0.5, 0.6) is 0 Å². The number of Topliss-reactive ketones (excluding diaryl/α,β-unsaturated/α-hetero) is 1. The molecule has 3 heteroatoms. The summed E-state index contributed by atoms with van der Waals surface area (Å²) in [7, 11) is 0. The zero-order valence-electron chi connectivity index (χ0n) is 9.66. The summed E-state index contributed by atoms with van der Waals surface area (Å²) in [6, 6.07) is 7.62. The topological polar surface area (TPSA) is 26.3 Å². The minimum atomic E-state index is 0.0149. The molecule has 2 nitrogen and oxygen atoms in total. The number of thiocarbonyl (C=S) groups is 1. The lowest BCUT2D eigenvalue weighted by molar-refractivity contribution is 0.0994. The lowest BCUT2D eigenvalue weighted by Gasteiger charge is -2.04. The van der Waals surface area contributed by atoms with Crippen molar-refractivity contribution in [1.82, 2.24) is 0 Å². The zero-order valence-corrected chi connectivity index (χ0v) is 10.5. The van der Waals surface area contributed by atoms with Gasteiger partial charge in [-0.15, -0.1) is 0 Å². The van der Waals surface area contributed by atoms with Crippen LogP contribution in [0.4, 0.5) is 0 Å². The number of aryl methyl sites for hydroxylation is 1. The first-order chi connectivity index (χ1) is 7.67. The summed E-state index contributed by atoms with van der Waals surface area (Å²) in [6.45, 7) is 4.45. The van der Waals surface area contributed by atoms with Crippen LogP contribution >= 0.6 is 12.2 Å². The Morgan fingerprint density at radius 3 is 2.38 bits per heavy atom. The average Bonchev–Trinajstić information content (AvgIpc) is 2.29. The fourth-order valence-corrected chi connectivity index (χ4v) is 1.62. The Morgan fingerprint density at radius 2 is 1.88 bits per heavy atom. The summed E-state index contributed by atoms with van der Waals surface area (Å²) < 4.78 is 5.09. The third-order valence-corrected chi connectivity index (χ3v) is 2.56. The number of ether oxygens (including phenoxy) is 1. The molecule has 0 spiro atoms. The van der Waals surface area contributed by atoms with Crippen molar-refractivity contribution in [2.45, 2.75) is 26.7 Å². The second-order valence-electron chi connectivity index (χ2n) is 3.46. The molecule has 0 N–H and O–H groups in total. The standard InChI is InChI=1S/C13H16O2S/c1-3-10-5-7-11(8-6-10)12(14)9-13(16)15-4-2/h5-8H,3-4,9H2,1-2H3. The van der Waals surface area contributed by atoms with Gasteiger partial charge in [0, 0.05) is 5.56 Å². The number of hydrogen-bond donors (Lipinski definition) is 0. The van der Waals surface area contributed by atoms with Crippen molar-refractivity contribution >= 4 is 23.1 Å². The number of hydrogen-bond acceptors (Lipinski definition) is 3. The van der Waals surface area contributed by atoms with Gasteiger partial charge in [-0.1, -0.05) is 31.2 Å². The zero-order chi connectivity index (χ0) is 12.0. The van der Waals surface area contributed by atoms with E-state index in [-0.39, 0.29) is 12.2 Å². The molecule has 1 rings (SSSR count). The van der Waals surface area contributed by atoms with Crippen molar-refractivity contribution in [1.29, 1.82) is 0 Å². The summed E-state index contributed by atoms with van der Waals surface area (Å²) in [5, 5.41) is 0.368. The molecule has 0 aliphatic rings. The number of carbonyl (C=O) groups excluding carboxylic acids is 1. The summed E-state index contributed by atoms with van der Waals surface area (Å²) in [4.78, 5) is 11.8. The van der Waals surface area contributed by atoms with Gasteiger partial charge in [0.1, 0.15) is 0 Å². The predicted molar refractivity (Wildman–Crippen MR) is 69.0 cm³/mol. The molecule has 1 aromatic rings. The minimum absolute atomic E-state index is 0.0149. The second-order valence-corrected chi connectivity index (χ2v) is 3.91. The van der Waals surface area contributed by atoms with E-state index in [9.17, 15) is 4.79 Å². The van der Waals surface area contributed by atoms with Crippen LogP contribution in [0, 0.1) is 0 Å². The van der Waals surface area contributed by atoms with Crippen molar-refractivity contribution in [2.75, 3.05) is 6.61 Å². The SMILES string of the molecule is CCOC(=S)CC(=O)c1ccc(CC)cc1. The molecule has 0 aliphatic carbocycles. The summed E-state index contributed by atoms with van der Waals surface area (Å²) in [5.74, 6) is 0.0149. The Bertz CT molecular complexity index is 368. The van der Waals surface area contributed by atoms with E-state index in [4.69, 9.17) is 17.0 Å². The Kier molecular flexibility index (Phi) is 5.12. The van der Waals surface area contributed by atoms with Crippen LogP contribution in [0.25, 0.3) is 0 Å². The van der Waals surface area contributed by atoms with E-state index in [2.05, 4.69) is 6.92 Å². The molecular formula is C13H16O2S. The van der Waals surface area contributed by atoms with Gasteiger partial charge in [-0.25, -0.2) is 0 Å². The molecule has 0 unspecified atom stereocenters. The van der Waals surface area contributed by atoms with E-state index < -0.39 is 0 Å². The molecule has 0 aromatic heterocycles. The molecular weight excluding hydrogens is 220 g/mol. The molecule has 0 saturated heterocycles. The third-order valence-electron chi connectivity index (χ3n) is 2.29. The summed E-state index contributed by atoms with van der Waals surface area (Å²) in [5.41, 5.74) is 1.92. The van der Waals surface area contributed by atoms with Gasteiger partial charge >= 0.3 is 0 Å². The number of rotatable bonds is 5. The monoisotopic (exact) mass is 236 g/mol. The molecule has 16 heavy (non-hydrogen) atoms. The molecule has 0 atom stereocenters. The number of carbonyl (C=O) groups is 1. The van der Waals surface area contributed by atoms with E-state index in [1.165, 1.54) is 5.56 Å². The summed E-state index contributed by atoms with van der Waals surface area (Å²) in [6.07, 6.45) is 1.17. The molecule has 0 heterocycles. The second kappa shape index (κ2) is 6.38. The maximum atomic E-state index is 11.8. The molecule has 86 valence electrons. The Balaban J connectivity index is 2.62. The van der Waals surface area contributed by atoms with Gasteiger partial charge < -0.3 is 4.74 Å². The maximum absolute atomic E-state index is 11.8. The highest BCUT2D eigenvalue weighted by Crippen LogP contribution is 2.08. The van der Waals surface area contributed by atoms with E-state index in [0.717, 1.165) is 6.42 Å². The first kappa shape index (κ1) is 12.8. The number of ketones is 1. The van der Waals surface area contributed by atoms with Crippen LogP contribution in [0.3, 0.4) is 0 Å². The number of benzene rings is 1. The van der Waals surface area contributed by atoms with Gasteiger partial charge in [0.25, 0.3) is 0 Å². The quantitative estimate of drug-likeness (QED) is 0.580. The van der Waals surface area contributed by atoms with Crippen LogP contribution < -0.4 is 0 Å². The van der Waals surface area contributed by atoms with Crippen molar-refractivity contribution in [3.8, 4) is 0 Å². The Hall–Kier alpha value is -1.22. The predicted octanol–water partition coefficient (Wildman–Crippen LogP) is 3.19. The van der Waals surface area contributed by atoms with Crippen LogP contribution in [-0.4, -0.2) is 17.4 Å². The lowest BCUT2D eigenvalue weighted by atomic mass is 10.1. The van der Waals surface area contributed by atoms with Crippen LogP contribution in [-0.2, 0) is 11.2 Å². The molecule has 0 saturated carbocycles. The molecule has 0 bridgehead atoms. The normalized spacial score (nSPS) is 9.88. The minimum Gasteiger partial charge on any atom is -0.487 e. The lowest BCUT2D eigenvalue weighted by Crippen LogP contribution is -2.09. The highest BCUT2D eigenvalue weighted by Gasteiger charge is 2.09. The fourth-order valence-electron chi connectivity index (χ4n) is 1.37. The highest BCUT2D eigenvalue weighted by molar-refractivity contribution is 7.80. The smallest absolute Gasteiger partial charge is 0.171 e. The van der Waals surface area contributed by atoms with Gasteiger partial charge in [0.2, 0.25) is 0 Å². The van der Waals surface area contributed by atoms with Crippen molar-refractivity contribution < 1.29 is 9.53 Å². The Morgan fingerprint density at radius 1 is 1.25 bits per heavy atom. The van der Waals surface area contributed by atoms with Crippen LogP contribution in [0.2, 0.25) is 0 Å². The molecule has 0 radical (unpaired) electrons. The van der Waals surface area contributed by atoms with Crippen LogP contribution in [0.1, 0.15) is 36.2 Å². The van der Waals surface area contributed by atoms with E-state index in [1.54, 1.807) is 0 Å². The molecule has 1 aromatic carbocycles. The molecule has 0 fully saturated rings. The first-order valence-corrected chi connectivity index (χ1v) is 5.86. The van der Waals surface area contributed by atoms with Gasteiger partial charge in [-0.2, -0.15) is 0 Å². The van der Waals surface area contributed by atoms with E-state index in [1.807, 2.05) is 31.2 Å². The molecule has 0 amide bonds.